The Morgan fingerprint density at radius 1 is 1.28 bits per heavy atom. The lowest BCUT2D eigenvalue weighted by molar-refractivity contribution is 0.0796. The van der Waals surface area contributed by atoms with Crippen molar-refractivity contribution in [2.75, 3.05) is 26.7 Å². The molecule has 0 saturated carbocycles. The van der Waals surface area contributed by atoms with Crippen LogP contribution >= 0.6 is 11.3 Å². The van der Waals surface area contributed by atoms with Crippen LogP contribution in [0.25, 0.3) is 0 Å². The maximum atomic E-state index is 12.5. The highest BCUT2D eigenvalue weighted by Gasteiger charge is 2.28. The summed E-state index contributed by atoms with van der Waals surface area (Å²) in [6.07, 6.45) is 3.34. The minimum Gasteiger partial charge on any atom is -0.340 e. The van der Waals surface area contributed by atoms with E-state index in [1.807, 2.05) is 28.0 Å². The van der Waals surface area contributed by atoms with Crippen molar-refractivity contribution in [2.45, 2.75) is 45.2 Å². The zero-order valence-corrected chi connectivity index (χ0v) is 15.9. The summed E-state index contributed by atoms with van der Waals surface area (Å²) in [6.45, 7) is 7.09. The van der Waals surface area contributed by atoms with Gasteiger partial charge >= 0.3 is 0 Å². The minimum absolute atomic E-state index is 0.109. The van der Waals surface area contributed by atoms with Gasteiger partial charge in [0.25, 0.3) is 5.91 Å². The number of carbonyl (C=O) groups is 1. The Kier molecular flexibility index (Phi) is 4.65. The molecule has 1 saturated heterocycles. The fourth-order valence-corrected chi connectivity index (χ4v) is 4.89. The number of hydrogen-bond donors (Lipinski definition) is 0. The number of fused-ring (bicyclic) bond motifs is 1. The van der Waals surface area contributed by atoms with Gasteiger partial charge in [0.15, 0.2) is 0 Å². The molecule has 4 heterocycles. The molecule has 1 unspecified atom stereocenters. The Labute approximate surface area is 153 Å². The number of hydrogen-bond acceptors (Lipinski definition) is 4. The largest absolute Gasteiger partial charge is 0.340 e. The van der Waals surface area contributed by atoms with Gasteiger partial charge in [-0.2, -0.15) is 5.10 Å². The molecule has 1 amide bonds. The Balaban J connectivity index is 1.50. The summed E-state index contributed by atoms with van der Waals surface area (Å²) in [5.74, 6) is 0.546. The van der Waals surface area contributed by atoms with E-state index in [1.54, 1.807) is 0 Å². The molecule has 6 heteroatoms. The lowest BCUT2D eigenvalue weighted by Crippen LogP contribution is -2.34. The molecule has 134 valence electrons. The Hall–Kier alpha value is -1.66. The first-order valence-electron chi connectivity index (χ1n) is 9.20. The number of nitrogens with zero attached hydrogens (tertiary/aromatic N) is 4. The van der Waals surface area contributed by atoms with Crippen LogP contribution < -0.4 is 0 Å². The van der Waals surface area contributed by atoms with Gasteiger partial charge in [-0.1, -0.05) is 0 Å². The van der Waals surface area contributed by atoms with Gasteiger partial charge in [0, 0.05) is 44.0 Å². The average Bonchev–Trinajstić information content (AvgIpc) is 3.18. The molecule has 4 rings (SSSR count). The van der Waals surface area contributed by atoms with E-state index >= 15 is 0 Å². The predicted octanol–water partition coefficient (Wildman–Crippen LogP) is 3.11. The van der Waals surface area contributed by atoms with Crippen molar-refractivity contribution in [3.63, 3.8) is 0 Å². The molecule has 1 fully saturated rings. The van der Waals surface area contributed by atoms with Crippen LogP contribution in [-0.2, 0) is 13.1 Å². The summed E-state index contributed by atoms with van der Waals surface area (Å²) < 4.78 is 1.93. The monoisotopic (exact) mass is 358 g/mol. The maximum Gasteiger partial charge on any atom is 0.271 e. The standard InChI is InChI=1S/C19H26N4OS/c1-14-6-10-25-18(14)13-22-8-3-5-15(12-22)16-11-17-19(24)21(2)7-4-9-23(17)20-16/h6,10-11,15H,3-5,7-9,12-13H2,1-2H3. The summed E-state index contributed by atoms with van der Waals surface area (Å²) in [6, 6.07) is 4.25. The first-order chi connectivity index (χ1) is 12.1. The second-order valence-electron chi connectivity index (χ2n) is 7.36. The van der Waals surface area contributed by atoms with Crippen molar-refractivity contribution < 1.29 is 4.79 Å². The molecule has 0 N–H and O–H groups in total. The van der Waals surface area contributed by atoms with Crippen LogP contribution in [0.3, 0.4) is 0 Å². The fourth-order valence-electron chi connectivity index (χ4n) is 3.94. The van der Waals surface area contributed by atoms with Crippen LogP contribution in [-0.4, -0.2) is 52.2 Å². The van der Waals surface area contributed by atoms with Crippen molar-refractivity contribution in [3.8, 4) is 0 Å². The van der Waals surface area contributed by atoms with Crippen molar-refractivity contribution in [3.05, 3.63) is 39.3 Å². The smallest absolute Gasteiger partial charge is 0.271 e. The van der Waals surface area contributed by atoms with Crippen molar-refractivity contribution in [1.82, 2.24) is 19.6 Å². The van der Waals surface area contributed by atoms with Crippen LogP contribution in [0.4, 0.5) is 0 Å². The number of rotatable bonds is 3. The number of thiophene rings is 1. The zero-order valence-electron chi connectivity index (χ0n) is 15.1. The van der Waals surface area contributed by atoms with Gasteiger partial charge < -0.3 is 4.90 Å². The van der Waals surface area contributed by atoms with Gasteiger partial charge in [0.05, 0.1) is 5.69 Å². The van der Waals surface area contributed by atoms with E-state index in [0.717, 1.165) is 50.5 Å². The van der Waals surface area contributed by atoms with E-state index in [0.29, 0.717) is 5.92 Å². The highest BCUT2D eigenvalue weighted by atomic mass is 32.1. The summed E-state index contributed by atoms with van der Waals surface area (Å²) in [5.41, 5.74) is 3.27. The second-order valence-corrected chi connectivity index (χ2v) is 8.36. The molecule has 5 nitrogen and oxygen atoms in total. The third kappa shape index (κ3) is 3.37. The molecular weight excluding hydrogens is 332 g/mol. The van der Waals surface area contributed by atoms with E-state index in [1.165, 1.54) is 23.3 Å². The van der Waals surface area contributed by atoms with E-state index in [9.17, 15) is 4.79 Å². The van der Waals surface area contributed by atoms with Gasteiger partial charge in [0.2, 0.25) is 0 Å². The normalized spacial score (nSPS) is 22.1. The number of carbonyl (C=O) groups excluding carboxylic acids is 1. The predicted molar refractivity (Wildman–Crippen MR) is 100 cm³/mol. The van der Waals surface area contributed by atoms with Gasteiger partial charge in [-0.3, -0.25) is 14.4 Å². The van der Waals surface area contributed by atoms with Crippen LogP contribution in [0.2, 0.25) is 0 Å². The molecule has 2 aliphatic heterocycles. The Bertz CT molecular complexity index is 765. The van der Waals surface area contributed by atoms with Gasteiger partial charge in [-0.05, 0) is 55.8 Å². The number of likely N-dealkylation sites (tertiary alicyclic amines) is 1. The molecule has 0 radical (unpaired) electrons. The summed E-state index contributed by atoms with van der Waals surface area (Å²) in [4.78, 5) is 18.3. The highest BCUT2D eigenvalue weighted by molar-refractivity contribution is 7.10. The van der Waals surface area contributed by atoms with Crippen LogP contribution in [0.5, 0.6) is 0 Å². The minimum atomic E-state index is 0.109. The number of amides is 1. The first-order valence-corrected chi connectivity index (χ1v) is 10.1. The lowest BCUT2D eigenvalue weighted by Gasteiger charge is -2.31. The second kappa shape index (κ2) is 6.92. The van der Waals surface area contributed by atoms with E-state index in [-0.39, 0.29) is 5.91 Å². The third-order valence-corrected chi connectivity index (χ3v) is 6.50. The average molecular weight is 359 g/mol. The molecule has 0 spiro atoms. The first kappa shape index (κ1) is 16.8. The summed E-state index contributed by atoms with van der Waals surface area (Å²) >= 11 is 1.85. The van der Waals surface area contributed by atoms with E-state index < -0.39 is 0 Å². The topological polar surface area (TPSA) is 41.4 Å². The highest BCUT2D eigenvalue weighted by Crippen LogP contribution is 2.29. The maximum absolute atomic E-state index is 12.5. The number of aromatic nitrogens is 2. The Morgan fingerprint density at radius 2 is 2.16 bits per heavy atom. The van der Waals surface area contributed by atoms with Gasteiger partial charge in [-0.25, -0.2) is 0 Å². The van der Waals surface area contributed by atoms with Crippen molar-refractivity contribution >= 4 is 17.2 Å². The summed E-state index contributed by atoms with van der Waals surface area (Å²) in [7, 11) is 1.89. The number of aryl methyl sites for hydroxylation is 2. The molecule has 2 aromatic heterocycles. The van der Waals surface area contributed by atoms with Crippen molar-refractivity contribution in [1.29, 1.82) is 0 Å². The fraction of sp³-hybridized carbons (Fsp3) is 0.579. The lowest BCUT2D eigenvalue weighted by atomic mass is 9.94. The molecule has 0 bridgehead atoms. The molecule has 25 heavy (non-hydrogen) atoms. The van der Waals surface area contributed by atoms with E-state index in [4.69, 9.17) is 5.10 Å². The van der Waals surface area contributed by atoms with Crippen molar-refractivity contribution in [2.24, 2.45) is 0 Å². The molecule has 0 aromatic carbocycles. The van der Waals surface area contributed by atoms with Crippen LogP contribution in [0.1, 0.15) is 51.8 Å². The summed E-state index contributed by atoms with van der Waals surface area (Å²) in [5, 5.41) is 6.99. The van der Waals surface area contributed by atoms with Gasteiger partial charge in [0.1, 0.15) is 5.69 Å². The molecule has 2 aromatic rings. The van der Waals surface area contributed by atoms with Crippen LogP contribution in [0, 0.1) is 6.92 Å². The quantitative estimate of drug-likeness (QED) is 0.847. The number of piperidine rings is 1. The SMILES string of the molecule is Cc1ccsc1CN1CCCC(c2cc3n(n2)CCCN(C)C3=O)C1. The van der Waals surface area contributed by atoms with E-state index in [2.05, 4.69) is 29.3 Å². The zero-order chi connectivity index (χ0) is 17.4. The molecule has 0 aliphatic carbocycles. The third-order valence-electron chi connectivity index (χ3n) is 5.49. The molecule has 2 aliphatic rings. The molecule has 1 atom stereocenters. The Morgan fingerprint density at radius 3 is 2.96 bits per heavy atom. The van der Waals surface area contributed by atoms with Crippen LogP contribution in [0.15, 0.2) is 17.5 Å². The van der Waals surface area contributed by atoms with Gasteiger partial charge in [-0.15, -0.1) is 11.3 Å². The molecular formula is C19H26N4OS.